The minimum absolute atomic E-state index is 0.00653. The van der Waals surface area contributed by atoms with E-state index in [-0.39, 0.29) is 34.7 Å². The van der Waals surface area contributed by atoms with E-state index in [4.69, 9.17) is 10.1 Å². The fourth-order valence-corrected chi connectivity index (χ4v) is 3.63. The van der Waals surface area contributed by atoms with Crippen molar-refractivity contribution in [3.63, 3.8) is 0 Å². The molecule has 8 heteroatoms. The molecule has 1 saturated heterocycles. The SMILES string of the molecule is CC(C)n1c(=N)c(C(=O)NCC2CCCO2)cc2c(=O)n3ccccc3nc21. The number of pyridine rings is 2. The maximum absolute atomic E-state index is 13.0. The third-order valence-corrected chi connectivity index (χ3v) is 5.04. The van der Waals surface area contributed by atoms with Gasteiger partial charge in [0.05, 0.1) is 17.1 Å². The lowest BCUT2D eigenvalue weighted by Gasteiger charge is -2.18. The van der Waals surface area contributed by atoms with Gasteiger partial charge in [0, 0.05) is 25.4 Å². The average molecular weight is 381 g/mol. The van der Waals surface area contributed by atoms with Gasteiger partial charge in [-0.2, -0.15) is 0 Å². The van der Waals surface area contributed by atoms with E-state index in [1.54, 1.807) is 22.9 Å². The maximum Gasteiger partial charge on any atom is 0.267 e. The maximum atomic E-state index is 13.0. The van der Waals surface area contributed by atoms with Crippen molar-refractivity contribution in [3.05, 3.63) is 51.9 Å². The van der Waals surface area contributed by atoms with Gasteiger partial charge >= 0.3 is 0 Å². The van der Waals surface area contributed by atoms with Crippen molar-refractivity contribution in [2.24, 2.45) is 0 Å². The average Bonchev–Trinajstić information content (AvgIpc) is 3.19. The number of carbonyl (C=O) groups is 1. The summed E-state index contributed by atoms with van der Waals surface area (Å²) >= 11 is 0. The quantitative estimate of drug-likeness (QED) is 0.671. The summed E-state index contributed by atoms with van der Waals surface area (Å²) in [4.78, 5) is 30.4. The second-order valence-electron chi connectivity index (χ2n) is 7.30. The number of nitrogens with one attached hydrogen (secondary N) is 2. The third-order valence-electron chi connectivity index (χ3n) is 5.04. The molecule has 28 heavy (non-hydrogen) atoms. The van der Waals surface area contributed by atoms with Crippen molar-refractivity contribution < 1.29 is 9.53 Å². The number of nitrogens with zero attached hydrogens (tertiary/aromatic N) is 3. The Labute approximate surface area is 161 Å². The molecule has 0 aliphatic carbocycles. The molecule has 3 aromatic heterocycles. The molecule has 1 amide bonds. The molecule has 1 fully saturated rings. The van der Waals surface area contributed by atoms with E-state index in [1.165, 1.54) is 10.5 Å². The summed E-state index contributed by atoms with van der Waals surface area (Å²) in [5.41, 5.74) is 0.855. The predicted molar refractivity (Wildman–Crippen MR) is 105 cm³/mol. The first kappa shape index (κ1) is 18.4. The number of hydrogen-bond acceptors (Lipinski definition) is 5. The van der Waals surface area contributed by atoms with E-state index in [0.29, 0.717) is 29.8 Å². The monoisotopic (exact) mass is 381 g/mol. The number of carbonyl (C=O) groups excluding carboxylic acids is 1. The van der Waals surface area contributed by atoms with E-state index in [0.717, 1.165) is 12.8 Å². The van der Waals surface area contributed by atoms with Crippen LogP contribution in [0.4, 0.5) is 0 Å². The van der Waals surface area contributed by atoms with Gasteiger partial charge in [0.25, 0.3) is 11.5 Å². The number of fused-ring (bicyclic) bond motifs is 2. The predicted octanol–water partition coefficient (Wildman–Crippen LogP) is 1.62. The third kappa shape index (κ3) is 3.09. The molecule has 1 atom stereocenters. The van der Waals surface area contributed by atoms with Gasteiger partial charge in [0.15, 0.2) is 0 Å². The van der Waals surface area contributed by atoms with Gasteiger partial charge in [0.1, 0.15) is 16.8 Å². The number of ether oxygens (including phenoxy) is 1. The molecule has 4 rings (SSSR count). The smallest absolute Gasteiger partial charge is 0.267 e. The molecule has 4 heterocycles. The molecular formula is C20H23N5O3. The molecule has 1 aliphatic heterocycles. The van der Waals surface area contributed by atoms with Gasteiger partial charge < -0.3 is 14.6 Å². The lowest BCUT2D eigenvalue weighted by atomic mass is 10.1. The number of aromatic nitrogens is 3. The molecule has 0 spiro atoms. The van der Waals surface area contributed by atoms with Crippen molar-refractivity contribution in [2.75, 3.05) is 13.2 Å². The Morgan fingerprint density at radius 2 is 2.25 bits per heavy atom. The normalized spacial score (nSPS) is 16.9. The largest absolute Gasteiger partial charge is 0.376 e. The van der Waals surface area contributed by atoms with Gasteiger partial charge in [-0.25, -0.2) is 4.98 Å². The van der Waals surface area contributed by atoms with Crippen molar-refractivity contribution >= 4 is 22.6 Å². The Kier molecular flexibility index (Phi) is 4.72. The molecule has 146 valence electrons. The minimum Gasteiger partial charge on any atom is -0.376 e. The molecular weight excluding hydrogens is 358 g/mol. The van der Waals surface area contributed by atoms with Crippen LogP contribution in [0.15, 0.2) is 35.3 Å². The number of rotatable bonds is 4. The van der Waals surface area contributed by atoms with Gasteiger partial charge in [-0.05, 0) is 44.9 Å². The Morgan fingerprint density at radius 3 is 2.96 bits per heavy atom. The van der Waals surface area contributed by atoms with Crippen LogP contribution >= 0.6 is 0 Å². The fraction of sp³-hybridized carbons (Fsp3) is 0.400. The highest BCUT2D eigenvalue weighted by atomic mass is 16.5. The number of hydrogen-bond donors (Lipinski definition) is 2. The van der Waals surface area contributed by atoms with Crippen LogP contribution in [0.1, 0.15) is 43.1 Å². The topological polar surface area (TPSA) is 101 Å². The van der Waals surface area contributed by atoms with Crippen LogP contribution in [0.5, 0.6) is 0 Å². The van der Waals surface area contributed by atoms with Gasteiger partial charge in [-0.15, -0.1) is 0 Å². The Balaban J connectivity index is 1.87. The molecule has 0 saturated carbocycles. The van der Waals surface area contributed by atoms with Crippen LogP contribution in [-0.4, -0.2) is 39.1 Å². The first-order chi connectivity index (χ1) is 13.5. The van der Waals surface area contributed by atoms with Crippen LogP contribution < -0.4 is 16.4 Å². The summed E-state index contributed by atoms with van der Waals surface area (Å²) in [6.07, 6.45) is 3.56. The summed E-state index contributed by atoms with van der Waals surface area (Å²) in [6, 6.07) is 6.65. The van der Waals surface area contributed by atoms with Crippen molar-refractivity contribution in [2.45, 2.75) is 38.8 Å². The minimum atomic E-state index is -0.380. The molecule has 2 N–H and O–H groups in total. The van der Waals surface area contributed by atoms with Crippen molar-refractivity contribution in [1.29, 1.82) is 5.41 Å². The highest BCUT2D eigenvalue weighted by molar-refractivity contribution is 5.96. The van der Waals surface area contributed by atoms with Crippen LogP contribution in [0, 0.1) is 5.41 Å². The molecule has 3 aromatic rings. The van der Waals surface area contributed by atoms with E-state index in [2.05, 4.69) is 10.3 Å². The second-order valence-corrected chi connectivity index (χ2v) is 7.30. The summed E-state index contributed by atoms with van der Waals surface area (Å²) in [7, 11) is 0. The van der Waals surface area contributed by atoms with Gasteiger partial charge in [-0.1, -0.05) is 6.07 Å². The first-order valence-electron chi connectivity index (χ1n) is 9.48. The molecule has 0 aromatic carbocycles. The highest BCUT2D eigenvalue weighted by Gasteiger charge is 2.21. The zero-order valence-electron chi connectivity index (χ0n) is 15.9. The van der Waals surface area contributed by atoms with E-state index in [9.17, 15) is 9.59 Å². The van der Waals surface area contributed by atoms with Crippen LogP contribution in [-0.2, 0) is 4.74 Å². The molecule has 0 bridgehead atoms. The zero-order valence-corrected chi connectivity index (χ0v) is 15.9. The Morgan fingerprint density at radius 1 is 1.43 bits per heavy atom. The highest BCUT2D eigenvalue weighted by Crippen LogP contribution is 2.15. The van der Waals surface area contributed by atoms with Crippen LogP contribution in [0.2, 0.25) is 0 Å². The summed E-state index contributed by atoms with van der Waals surface area (Å²) in [5, 5.41) is 11.7. The molecule has 1 unspecified atom stereocenters. The summed E-state index contributed by atoms with van der Waals surface area (Å²) in [5.74, 6) is -0.380. The first-order valence-corrected chi connectivity index (χ1v) is 9.48. The van der Waals surface area contributed by atoms with Crippen LogP contribution in [0.3, 0.4) is 0 Å². The van der Waals surface area contributed by atoms with Gasteiger partial charge in [0.2, 0.25) is 0 Å². The van der Waals surface area contributed by atoms with Crippen molar-refractivity contribution in [3.8, 4) is 0 Å². The van der Waals surface area contributed by atoms with Crippen LogP contribution in [0.25, 0.3) is 16.7 Å². The Bertz CT molecular complexity index is 1170. The van der Waals surface area contributed by atoms with Crippen molar-refractivity contribution in [1.82, 2.24) is 19.3 Å². The number of amides is 1. The van der Waals surface area contributed by atoms with E-state index >= 15 is 0 Å². The molecule has 0 radical (unpaired) electrons. The molecule has 8 nitrogen and oxygen atoms in total. The zero-order chi connectivity index (χ0) is 19.8. The fourth-order valence-electron chi connectivity index (χ4n) is 3.63. The van der Waals surface area contributed by atoms with E-state index < -0.39 is 0 Å². The lowest BCUT2D eigenvalue weighted by Crippen LogP contribution is -2.38. The summed E-state index contributed by atoms with van der Waals surface area (Å²) in [6.45, 7) is 4.91. The standard InChI is InChI=1S/C20H23N5O3/c1-12(2)25-17(21)14(19(26)22-11-13-6-5-9-28-13)10-15-18(25)23-16-7-3-4-8-24(16)20(15)27/h3-4,7-8,10,12-13,21H,5-6,9,11H2,1-2H3,(H,22,26). The summed E-state index contributed by atoms with van der Waals surface area (Å²) < 4.78 is 8.62. The molecule has 1 aliphatic rings. The van der Waals surface area contributed by atoms with E-state index in [1.807, 2.05) is 19.9 Å². The van der Waals surface area contributed by atoms with Gasteiger partial charge in [-0.3, -0.25) is 19.4 Å². The second kappa shape index (κ2) is 7.20. The Hall–Kier alpha value is -3.00. The lowest BCUT2D eigenvalue weighted by molar-refractivity contribution is 0.0855.